The second-order valence-corrected chi connectivity index (χ2v) is 7.93. The van der Waals surface area contributed by atoms with Crippen LogP contribution < -0.4 is 5.32 Å². The number of thioether (sulfide) groups is 1. The molecule has 0 aliphatic carbocycles. The molecule has 0 saturated carbocycles. The lowest BCUT2D eigenvalue weighted by Gasteiger charge is -2.18. The monoisotopic (exact) mass is 395 g/mol. The van der Waals surface area contributed by atoms with Crippen LogP contribution in [0.25, 0.3) is 0 Å². The van der Waals surface area contributed by atoms with Gasteiger partial charge in [0, 0.05) is 15.8 Å². The minimum Gasteiger partial charge on any atom is -0.349 e. The van der Waals surface area contributed by atoms with Crippen LogP contribution in [0.3, 0.4) is 0 Å². The van der Waals surface area contributed by atoms with E-state index in [4.69, 9.17) is 23.2 Å². The average molecular weight is 396 g/mol. The molecule has 0 bridgehead atoms. The van der Waals surface area contributed by atoms with Crippen LogP contribution in [0.1, 0.15) is 41.6 Å². The molecule has 2 aromatic carbocycles. The predicted molar refractivity (Wildman–Crippen MR) is 110 cm³/mol. The van der Waals surface area contributed by atoms with E-state index in [1.54, 1.807) is 17.8 Å². The van der Waals surface area contributed by atoms with E-state index in [0.717, 1.165) is 17.5 Å². The Morgan fingerprint density at radius 2 is 1.88 bits per heavy atom. The zero-order valence-electron chi connectivity index (χ0n) is 14.7. The minimum absolute atomic E-state index is 0.0418. The van der Waals surface area contributed by atoms with Gasteiger partial charge in [0.15, 0.2) is 0 Å². The summed E-state index contributed by atoms with van der Waals surface area (Å²) >= 11 is 13.6. The van der Waals surface area contributed by atoms with E-state index in [1.807, 2.05) is 12.1 Å². The molecule has 0 fully saturated rings. The van der Waals surface area contributed by atoms with Crippen molar-refractivity contribution >= 4 is 40.9 Å². The molecule has 25 heavy (non-hydrogen) atoms. The number of halogens is 2. The molecule has 0 aromatic heterocycles. The summed E-state index contributed by atoms with van der Waals surface area (Å²) in [7, 11) is 0. The number of amides is 1. The molecule has 0 heterocycles. The Balaban J connectivity index is 1.88. The zero-order chi connectivity index (χ0) is 18.4. The molecule has 0 radical (unpaired) electrons. The van der Waals surface area contributed by atoms with Crippen LogP contribution in [0.5, 0.6) is 0 Å². The molecule has 1 atom stereocenters. The third-order valence-corrected chi connectivity index (χ3v) is 5.75. The lowest BCUT2D eigenvalue weighted by molar-refractivity contribution is -0.119. The maximum Gasteiger partial charge on any atom is 0.230 e. The molecule has 1 N–H and O–H groups in total. The molecule has 134 valence electrons. The summed E-state index contributed by atoms with van der Waals surface area (Å²) < 4.78 is 0. The van der Waals surface area contributed by atoms with Gasteiger partial charge in [-0.1, -0.05) is 54.4 Å². The van der Waals surface area contributed by atoms with Crippen LogP contribution in [0, 0.1) is 13.8 Å². The molecule has 2 rings (SSSR count). The van der Waals surface area contributed by atoms with Crippen molar-refractivity contribution < 1.29 is 4.79 Å². The van der Waals surface area contributed by atoms with E-state index in [9.17, 15) is 4.79 Å². The zero-order valence-corrected chi connectivity index (χ0v) is 17.1. The van der Waals surface area contributed by atoms with Crippen molar-refractivity contribution in [1.29, 1.82) is 0 Å². The van der Waals surface area contributed by atoms with Gasteiger partial charge in [0.25, 0.3) is 0 Å². The highest BCUT2D eigenvalue weighted by Crippen LogP contribution is 2.25. The largest absolute Gasteiger partial charge is 0.349 e. The van der Waals surface area contributed by atoms with Gasteiger partial charge in [-0.25, -0.2) is 0 Å². The second kappa shape index (κ2) is 9.51. The lowest BCUT2D eigenvalue weighted by atomic mass is 9.99. The summed E-state index contributed by atoms with van der Waals surface area (Å²) in [6.45, 7) is 6.27. The summed E-state index contributed by atoms with van der Waals surface area (Å²) in [4.78, 5) is 12.3. The van der Waals surface area contributed by atoms with Crippen LogP contribution in [-0.2, 0) is 10.5 Å². The summed E-state index contributed by atoms with van der Waals surface area (Å²) in [6.07, 6.45) is 0.863. The number of hydrogen-bond acceptors (Lipinski definition) is 2. The van der Waals surface area contributed by atoms with Gasteiger partial charge < -0.3 is 5.32 Å². The second-order valence-electron chi connectivity index (χ2n) is 6.10. The first-order valence-corrected chi connectivity index (χ1v) is 10.2. The van der Waals surface area contributed by atoms with Crippen molar-refractivity contribution in [2.24, 2.45) is 0 Å². The molecule has 0 unspecified atom stereocenters. The Morgan fingerprint density at radius 3 is 2.52 bits per heavy atom. The molecule has 0 saturated heterocycles. The number of carbonyl (C=O) groups is 1. The first-order valence-electron chi connectivity index (χ1n) is 8.29. The van der Waals surface area contributed by atoms with Crippen LogP contribution in [0.4, 0.5) is 0 Å². The van der Waals surface area contributed by atoms with Crippen LogP contribution in [0.2, 0.25) is 10.0 Å². The van der Waals surface area contributed by atoms with Gasteiger partial charge in [-0.15, -0.1) is 11.8 Å². The predicted octanol–water partition coefficient (Wildman–Crippen LogP) is 6.11. The van der Waals surface area contributed by atoms with E-state index in [-0.39, 0.29) is 11.9 Å². The number of carbonyl (C=O) groups excluding carboxylic acids is 1. The van der Waals surface area contributed by atoms with Crippen molar-refractivity contribution in [2.75, 3.05) is 5.75 Å². The van der Waals surface area contributed by atoms with E-state index >= 15 is 0 Å². The third-order valence-electron chi connectivity index (χ3n) is 4.18. The molecule has 1 amide bonds. The standard InChI is InChI=1S/C20H23Cl2NOS/c1-4-19(15-6-5-13(2)14(3)9-15)23-20(24)12-25-11-16-7-8-17(21)10-18(16)22/h5-10,19H,4,11-12H2,1-3H3,(H,23,24)/t19-/m1/s1. The number of aryl methyl sites for hydroxylation is 2. The van der Waals surface area contributed by atoms with Gasteiger partial charge in [-0.2, -0.15) is 0 Å². The Labute approximate surface area is 164 Å². The van der Waals surface area contributed by atoms with Crippen LogP contribution in [0.15, 0.2) is 36.4 Å². The van der Waals surface area contributed by atoms with Crippen molar-refractivity contribution in [3.05, 3.63) is 68.7 Å². The van der Waals surface area contributed by atoms with Gasteiger partial charge >= 0.3 is 0 Å². The fourth-order valence-electron chi connectivity index (χ4n) is 2.53. The molecule has 0 aliphatic rings. The van der Waals surface area contributed by atoms with E-state index in [1.165, 1.54) is 11.1 Å². The Morgan fingerprint density at radius 1 is 1.12 bits per heavy atom. The quantitative estimate of drug-likeness (QED) is 0.612. The SMILES string of the molecule is CC[C@@H](NC(=O)CSCc1ccc(Cl)cc1Cl)c1ccc(C)c(C)c1. The maximum atomic E-state index is 12.3. The molecular weight excluding hydrogens is 373 g/mol. The lowest BCUT2D eigenvalue weighted by Crippen LogP contribution is -2.29. The molecule has 0 aliphatic heterocycles. The Bertz CT molecular complexity index is 748. The molecule has 5 heteroatoms. The van der Waals surface area contributed by atoms with Crippen molar-refractivity contribution in [2.45, 2.75) is 39.0 Å². The van der Waals surface area contributed by atoms with Crippen LogP contribution in [-0.4, -0.2) is 11.7 Å². The molecule has 2 aromatic rings. The van der Waals surface area contributed by atoms with Gasteiger partial charge in [-0.05, 0) is 54.7 Å². The van der Waals surface area contributed by atoms with Crippen molar-refractivity contribution in [3.8, 4) is 0 Å². The number of rotatable bonds is 7. The van der Waals surface area contributed by atoms with E-state index < -0.39 is 0 Å². The maximum absolute atomic E-state index is 12.3. The normalized spacial score (nSPS) is 12.0. The Kier molecular flexibility index (Phi) is 7.67. The van der Waals surface area contributed by atoms with Gasteiger partial charge in [-0.3, -0.25) is 4.79 Å². The van der Waals surface area contributed by atoms with E-state index in [2.05, 4.69) is 44.3 Å². The molecular formula is C20H23Cl2NOS. The number of benzene rings is 2. The number of hydrogen-bond donors (Lipinski definition) is 1. The van der Waals surface area contributed by atoms with E-state index in [0.29, 0.717) is 21.6 Å². The third kappa shape index (κ3) is 5.95. The summed E-state index contributed by atoms with van der Waals surface area (Å²) in [5.74, 6) is 1.13. The first-order chi connectivity index (χ1) is 11.9. The first kappa shape index (κ1) is 20.2. The van der Waals surface area contributed by atoms with Crippen molar-refractivity contribution in [1.82, 2.24) is 5.32 Å². The van der Waals surface area contributed by atoms with Crippen molar-refractivity contribution in [3.63, 3.8) is 0 Å². The summed E-state index contributed by atoms with van der Waals surface area (Å²) in [5.41, 5.74) is 4.66. The Hall–Kier alpha value is -1.16. The minimum atomic E-state index is 0.0418. The topological polar surface area (TPSA) is 29.1 Å². The summed E-state index contributed by atoms with van der Waals surface area (Å²) in [6, 6.07) is 11.9. The van der Waals surface area contributed by atoms with Gasteiger partial charge in [0.1, 0.15) is 0 Å². The smallest absolute Gasteiger partial charge is 0.230 e. The highest BCUT2D eigenvalue weighted by atomic mass is 35.5. The fourth-order valence-corrected chi connectivity index (χ4v) is 3.93. The highest BCUT2D eigenvalue weighted by Gasteiger charge is 2.13. The van der Waals surface area contributed by atoms with Gasteiger partial charge in [0.05, 0.1) is 11.8 Å². The average Bonchev–Trinajstić information content (AvgIpc) is 2.57. The van der Waals surface area contributed by atoms with Crippen LogP contribution >= 0.6 is 35.0 Å². The highest BCUT2D eigenvalue weighted by molar-refractivity contribution is 7.99. The molecule has 0 spiro atoms. The number of nitrogens with one attached hydrogen (secondary N) is 1. The molecule has 2 nitrogen and oxygen atoms in total. The van der Waals surface area contributed by atoms with Gasteiger partial charge in [0.2, 0.25) is 5.91 Å². The fraction of sp³-hybridized carbons (Fsp3) is 0.350. The summed E-state index contributed by atoms with van der Waals surface area (Å²) in [5, 5.41) is 4.39.